The SMILES string of the molecule is Cl.NC(=O)C1CCCN1Cc1cccc(NC(=O)c2ccn(C3CCCNC3)n2)c1. The number of likely N-dealkylation sites (tertiary alicyclic amines) is 1. The van der Waals surface area contributed by atoms with Crippen molar-refractivity contribution in [2.75, 3.05) is 25.0 Å². The van der Waals surface area contributed by atoms with Crippen molar-refractivity contribution in [2.24, 2.45) is 5.73 Å². The van der Waals surface area contributed by atoms with Crippen molar-refractivity contribution < 1.29 is 9.59 Å². The van der Waals surface area contributed by atoms with Gasteiger partial charge in [0.15, 0.2) is 5.69 Å². The number of anilines is 1. The Labute approximate surface area is 182 Å². The Balaban J connectivity index is 0.00000256. The van der Waals surface area contributed by atoms with Crippen LogP contribution >= 0.6 is 12.4 Å². The smallest absolute Gasteiger partial charge is 0.276 e. The van der Waals surface area contributed by atoms with Crippen LogP contribution in [-0.2, 0) is 11.3 Å². The van der Waals surface area contributed by atoms with Crippen molar-refractivity contribution in [3.8, 4) is 0 Å². The van der Waals surface area contributed by atoms with E-state index in [0.29, 0.717) is 18.3 Å². The number of amides is 2. The summed E-state index contributed by atoms with van der Waals surface area (Å²) in [7, 11) is 0. The Morgan fingerprint density at radius 1 is 1.23 bits per heavy atom. The van der Waals surface area contributed by atoms with Crippen molar-refractivity contribution in [3.05, 3.63) is 47.8 Å². The minimum absolute atomic E-state index is 0. The lowest BCUT2D eigenvalue weighted by Gasteiger charge is -2.22. The summed E-state index contributed by atoms with van der Waals surface area (Å²) >= 11 is 0. The number of halogens is 1. The Bertz CT molecular complexity index is 880. The van der Waals surface area contributed by atoms with Gasteiger partial charge in [0.1, 0.15) is 0 Å². The standard InChI is InChI=1S/C21H28N6O2.ClH/c22-20(28)19-7-3-10-26(19)14-15-4-1-5-16(12-15)24-21(29)18-8-11-27(25-18)17-6-2-9-23-13-17;/h1,4-5,8,11-12,17,19,23H,2-3,6-7,9-10,13-14H2,(H2,22,28)(H,24,29);1H. The molecule has 2 aromatic rings. The van der Waals surface area contributed by atoms with E-state index in [-0.39, 0.29) is 30.3 Å². The van der Waals surface area contributed by atoms with Gasteiger partial charge in [-0.2, -0.15) is 5.10 Å². The molecule has 2 amide bonds. The van der Waals surface area contributed by atoms with Crippen LogP contribution in [0, 0.1) is 0 Å². The molecule has 0 spiro atoms. The van der Waals surface area contributed by atoms with Crippen molar-refractivity contribution in [1.82, 2.24) is 20.0 Å². The predicted octanol–water partition coefficient (Wildman–Crippen LogP) is 1.93. The topological polar surface area (TPSA) is 105 Å². The van der Waals surface area contributed by atoms with Crippen LogP contribution in [0.3, 0.4) is 0 Å². The van der Waals surface area contributed by atoms with Crippen molar-refractivity contribution >= 4 is 29.9 Å². The highest BCUT2D eigenvalue weighted by atomic mass is 35.5. The molecule has 2 saturated heterocycles. The monoisotopic (exact) mass is 432 g/mol. The first-order chi connectivity index (χ1) is 14.1. The largest absolute Gasteiger partial charge is 0.368 e. The number of carbonyl (C=O) groups is 2. The number of nitrogens with zero attached hydrogens (tertiary/aromatic N) is 3. The lowest BCUT2D eigenvalue weighted by Crippen LogP contribution is -2.39. The fourth-order valence-electron chi connectivity index (χ4n) is 4.24. The molecular formula is C21H29ClN6O2. The van der Waals surface area contributed by atoms with Crippen molar-refractivity contribution in [2.45, 2.75) is 44.3 Å². The number of nitrogens with one attached hydrogen (secondary N) is 2. The van der Waals surface area contributed by atoms with Gasteiger partial charge in [0, 0.05) is 25.0 Å². The van der Waals surface area contributed by atoms with Gasteiger partial charge in [-0.3, -0.25) is 19.2 Å². The third-order valence-electron chi connectivity index (χ3n) is 5.75. The minimum atomic E-state index is -0.268. The zero-order valence-electron chi connectivity index (χ0n) is 16.9. The first-order valence-corrected chi connectivity index (χ1v) is 10.3. The van der Waals surface area contributed by atoms with Gasteiger partial charge >= 0.3 is 0 Å². The summed E-state index contributed by atoms with van der Waals surface area (Å²) in [5, 5.41) is 10.8. The molecule has 2 aliphatic heterocycles. The van der Waals surface area contributed by atoms with Crippen molar-refractivity contribution in [3.63, 3.8) is 0 Å². The van der Waals surface area contributed by atoms with E-state index >= 15 is 0 Å². The second-order valence-corrected chi connectivity index (χ2v) is 7.87. The summed E-state index contributed by atoms with van der Waals surface area (Å²) in [5.41, 5.74) is 7.67. The number of aromatic nitrogens is 2. The molecule has 3 heterocycles. The number of hydrogen-bond donors (Lipinski definition) is 3. The average molecular weight is 433 g/mol. The first kappa shape index (κ1) is 22.3. The molecule has 2 atom stereocenters. The molecular weight excluding hydrogens is 404 g/mol. The zero-order valence-corrected chi connectivity index (χ0v) is 17.7. The van der Waals surface area contributed by atoms with Gasteiger partial charge < -0.3 is 16.4 Å². The first-order valence-electron chi connectivity index (χ1n) is 10.3. The third-order valence-corrected chi connectivity index (χ3v) is 5.75. The summed E-state index contributed by atoms with van der Waals surface area (Å²) in [4.78, 5) is 26.3. The molecule has 0 radical (unpaired) electrons. The maximum atomic E-state index is 12.6. The third kappa shape index (κ3) is 5.19. The summed E-state index contributed by atoms with van der Waals surface area (Å²) in [6.07, 6.45) is 5.85. The summed E-state index contributed by atoms with van der Waals surface area (Å²) < 4.78 is 1.88. The lowest BCUT2D eigenvalue weighted by molar-refractivity contribution is -0.122. The molecule has 0 saturated carbocycles. The molecule has 9 heteroatoms. The Morgan fingerprint density at radius 2 is 2.10 bits per heavy atom. The van der Waals surface area contributed by atoms with Gasteiger partial charge in [0.2, 0.25) is 5.91 Å². The highest BCUT2D eigenvalue weighted by Crippen LogP contribution is 2.22. The molecule has 4 rings (SSSR count). The zero-order chi connectivity index (χ0) is 20.2. The molecule has 2 unspecified atom stereocenters. The highest BCUT2D eigenvalue weighted by Gasteiger charge is 2.28. The normalized spacial score (nSPS) is 21.7. The summed E-state index contributed by atoms with van der Waals surface area (Å²) in [6, 6.07) is 9.56. The molecule has 8 nitrogen and oxygen atoms in total. The van der Waals surface area contributed by atoms with Gasteiger partial charge in [0.25, 0.3) is 5.91 Å². The quantitative estimate of drug-likeness (QED) is 0.646. The van der Waals surface area contributed by atoms with Crippen LogP contribution in [0.4, 0.5) is 5.69 Å². The van der Waals surface area contributed by atoms with E-state index in [1.165, 1.54) is 0 Å². The molecule has 4 N–H and O–H groups in total. The van der Waals surface area contributed by atoms with E-state index in [0.717, 1.165) is 56.6 Å². The molecule has 30 heavy (non-hydrogen) atoms. The number of rotatable bonds is 6. The van der Waals surface area contributed by atoms with Crippen molar-refractivity contribution in [1.29, 1.82) is 0 Å². The Morgan fingerprint density at radius 3 is 2.87 bits per heavy atom. The second-order valence-electron chi connectivity index (χ2n) is 7.87. The van der Waals surface area contributed by atoms with E-state index < -0.39 is 0 Å². The number of hydrogen-bond acceptors (Lipinski definition) is 5. The van der Waals surface area contributed by atoms with Crippen LogP contribution < -0.4 is 16.4 Å². The van der Waals surface area contributed by atoms with Crippen LogP contribution in [0.1, 0.15) is 47.8 Å². The van der Waals surface area contributed by atoms with E-state index in [4.69, 9.17) is 5.73 Å². The van der Waals surface area contributed by atoms with E-state index in [2.05, 4.69) is 20.6 Å². The van der Waals surface area contributed by atoms with Gasteiger partial charge in [-0.05, 0) is 62.5 Å². The molecule has 162 valence electrons. The van der Waals surface area contributed by atoms with Gasteiger partial charge in [-0.1, -0.05) is 12.1 Å². The predicted molar refractivity (Wildman–Crippen MR) is 118 cm³/mol. The lowest BCUT2D eigenvalue weighted by atomic mass is 10.1. The molecule has 2 fully saturated rings. The van der Waals surface area contributed by atoms with Gasteiger partial charge in [0.05, 0.1) is 12.1 Å². The Hall–Kier alpha value is -2.42. The van der Waals surface area contributed by atoms with Gasteiger partial charge in [-0.25, -0.2) is 0 Å². The Kier molecular flexibility index (Phi) is 7.47. The fraction of sp³-hybridized carbons (Fsp3) is 0.476. The minimum Gasteiger partial charge on any atom is -0.368 e. The number of carbonyl (C=O) groups excluding carboxylic acids is 2. The molecule has 0 aliphatic carbocycles. The van der Waals surface area contributed by atoms with Crippen LogP contribution in [0.15, 0.2) is 36.5 Å². The fourth-order valence-corrected chi connectivity index (χ4v) is 4.24. The molecule has 1 aromatic carbocycles. The average Bonchev–Trinajstić information content (AvgIpc) is 3.39. The number of primary amides is 1. The van der Waals surface area contributed by atoms with E-state index in [1.807, 2.05) is 35.1 Å². The molecule has 1 aromatic heterocycles. The molecule has 2 aliphatic rings. The summed E-state index contributed by atoms with van der Waals surface area (Å²) in [6.45, 7) is 3.42. The van der Waals surface area contributed by atoms with Crippen LogP contribution in [0.2, 0.25) is 0 Å². The number of piperidine rings is 1. The highest BCUT2D eigenvalue weighted by molar-refractivity contribution is 6.02. The summed E-state index contributed by atoms with van der Waals surface area (Å²) in [5.74, 6) is -0.489. The number of benzene rings is 1. The molecule has 0 bridgehead atoms. The van der Waals surface area contributed by atoms with Crippen LogP contribution in [-0.4, -0.2) is 52.2 Å². The number of nitrogens with two attached hydrogens (primary N) is 1. The van der Waals surface area contributed by atoms with Gasteiger partial charge in [-0.15, -0.1) is 12.4 Å². The van der Waals surface area contributed by atoms with Crippen LogP contribution in [0.5, 0.6) is 0 Å². The van der Waals surface area contributed by atoms with E-state index in [1.54, 1.807) is 6.07 Å². The van der Waals surface area contributed by atoms with Crippen LogP contribution in [0.25, 0.3) is 0 Å². The second kappa shape index (κ2) is 10.1. The maximum Gasteiger partial charge on any atom is 0.276 e. The maximum absolute atomic E-state index is 12.6. The van der Waals surface area contributed by atoms with E-state index in [9.17, 15) is 9.59 Å².